The quantitative estimate of drug-likeness (QED) is 0.449. The minimum Gasteiger partial charge on any atom is -0.321 e. The lowest BCUT2D eigenvalue weighted by Crippen LogP contribution is -2.13. The van der Waals surface area contributed by atoms with Crippen LogP contribution in [0.5, 0.6) is 0 Å². The summed E-state index contributed by atoms with van der Waals surface area (Å²) in [5.41, 5.74) is 2.77. The van der Waals surface area contributed by atoms with Crippen molar-refractivity contribution < 1.29 is 4.79 Å². The summed E-state index contributed by atoms with van der Waals surface area (Å²) < 4.78 is 2.76. The molecule has 0 spiro atoms. The van der Waals surface area contributed by atoms with E-state index in [1.165, 1.54) is 0 Å². The van der Waals surface area contributed by atoms with E-state index in [0.29, 0.717) is 16.3 Å². The van der Waals surface area contributed by atoms with Gasteiger partial charge in [0, 0.05) is 27.8 Å². The standard InChI is InChI=1S/C18H11BrClN3OS/c19-11-5-6-14(20)13(9-11)17(24)21-15-4-2-1-3-12(15)16-10-23-7-8-25-18(23)22-16/h1-10H,(H,21,24). The summed E-state index contributed by atoms with van der Waals surface area (Å²) in [6, 6.07) is 12.8. The first-order chi connectivity index (χ1) is 12.1. The number of carbonyl (C=O) groups is 1. The SMILES string of the molecule is O=C(Nc1ccccc1-c1cn2ccsc2n1)c1cc(Br)ccc1Cl. The van der Waals surface area contributed by atoms with Crippen molar-refractivity contribution in [2.45, 2.75) is 0 Å². The Morgan fingerprint density at radius 1 is 1.24 bits per heavy atom. The van der Waals surface area contributed by atoms with Crippen molar-refractivity contribution in [1.82, 2.24) is 9.38 Å². The van der Waals surface area contributed by atoms with Crippen molar-refractivity contribution >= 4 is 55.4 Å². The second kappa shape index (κ2) is 6.63. The molecule has 1 N–H and O–H groups in total. The van der Waals surface area contributed by atoms with E-state index in [-0.39, 0.29) is 5.91 Å². The smallest absolute Gasteiger partial charge is 0.257 e. The first-order valence-corrected chi connectivity index (χ1v) is 9.45. The fraction of sp³-hybridized carbons (Fsp3) is 0. The van der Waals surface area contributed by atoms with Crippen LogP contribution in [0.25, 0.3) is 16.2 Å². The van der Waals surface area contributed by atoms with E-state index in [1.54, 1.807) is 29.5 Å². The third-order valence-corrected chi connectivity index (χ3v) is 5.31. The average Bonchev–Trinajstić information content (AvgIpc) is 3.19. The zero-order valence-corrected chi connectivity index (χ0v) is 15.9. The van der Waals surface area contributed by atoms with Gasteiger partial charge in [0.05, 0.1) is 22.0 Å². The Hall–Kier alpha value is -2.15. The number of fused-ring (bicyclic) bond motifs is 1. The normalized spacial score (nSPS) is 11.0. The number of imidazole rings is 1. The summed E-state index contributed by atoms with van der Waals surface area (Å²) in [6.45, 7) is 0. The molecule has 0 aliphatic carbocycles. The van der Waals surface area contributed by atoms with Crippen molar-refractivity contribution in [1.29, 1.82) is 0 Å². The van der Waals surface area contributed by atoms with E-state index in [0.717, 1.165) is 20.7 Å². The molecule has 25 heavy (non-hydrogen) atoms. The molecule has 124 valence electrons. The molecule has 0 bridgehead atoms. The monoisotopic (exact) mass is 431 g/mol. The van der Waals surface area contributed by atoms with Gasteiger partial charge in [0.2, 0.25) is 0 Å². The number of amides is 1. The number of para-hydroxylation sites is 1. The van der Waals surface area contributed by atoms with E-state index in [2.05, 4.69) is 26.2 Å². The zero-order valence-electron chi connectivity index (χ0n) is 12.7. The van der Waals surface area contributed by atoms with Crippen molar-refractivity contribution in [2.75, 3.05) is 5.32 Å². The molecule has 7 heteroatoms. The fourth-order valence-electron chi connectivity index (χ4n) is 2.53. The highest BCUT2D eigenvalue weighted by atomic mass is 79.9. The molecule has 2 aromatic carbocycles. The topological polar surface area (TPSA) is 46.4 Å². The Morgan fingerprint density at radius 3 is 2.92 bits per heavy atom. The van der Waals surface area contributed by atoms with Crippen LogP contribution in [0.3, 0.4) is 0 Å². The van der Waals surface area contributed by atoms with Crippen molar-refractivity contribution in [2.24, 2.45) is 0 Å². The van der Waals surface area contributed by atoms with Gasteiger partial charge in [-0.15, -0.1) is 11.3 Å². The third kappa shape index (κ3) is 3.20. The van der Waals surface area contributed by atoms with Crippen LogP contribution in [0.4, 0.5) is 5.69 Å². The van der Waals surface area contributed by atoms with Gasteiger partial charge < -0.3 is 5.32 Å². The van der Waals surface area contributed by atoms with Crippen LogP contribution in [-0.4, -0.2) is 15.3 Å². The van der Waals surface area contributed by atoms with Crippen LogP contribution < -0.4 is 5.32 Å². The maximum atomic E-state index is 12.7. The van der Waals surface area contributed by atoms with E-state index < -0.39 is 0 Å². The Balaban J connectivity index is 1.70. The van der Waals surface area contributed by atoms with E-state index in [9.17, 15) is 4.79 Å². The third-order valence-electron chi connectivity index (χ3n) is 3.72. The van der Waals surface area contributed by atoms with Gasteiger partial charge in [0.15, 0.2) is 4.96 Å². The highest BCUT2D eigenvalue weighted by Gasteiger charge is 2.15. The maximum absolute atomic E-state index is 12.7. The summed E-state index contributed by atoms with van der Waals surface area (Å²) in [5, 5.41) is 5.32. The van der Waals surface area contributed by atoms with E-state index in [4.69, 9.17) is 11.6 Å². The lowest BCUT2D eigenvalue weighted by atomic mass is 10.1. The molecule has 0 atom stereocenters. The molecule has 4 rings (SSSR count). The molecule has 0 saturated carbocycles. The van der Waals surface area contributed by atoms with Gasteiger partial charge in [-0.3, -0.25) is 9.20 Å². The van der Waals surface area contributed by atoms with E-state index >= 15 is 0 Å². The highest BCUT2D eigenvalue weighted by molar-refractivity contribution is 9.10. The predicted octanol–water partition coefficient (Wildman–Crippen LogP) is 5.73. The molecule has 4 nitrogen and oxygen atoms in total. The van der Waals surface area contributed by atoms with Gasteiger partial charge in [-0.1, -0.05) is 45.7 Å². The molecule has 2 aromatic heterocycles. The van der Waals surface area contributed by atoms with Crippen LogP contribution in [0.1, 0.15) is 10.4 Å². The zero-order chi connectivity index (χ0) is 17.4. The van der Waals surface area contributed by atoms with Crippen LogP contribution in [0.15, 0.2) is 64.7 Å². The van der Waals surface area contributed by atoms with Crippen molar-refractivity contribution in [3.05, 3.63) is 75.3 Å². The number of thiazole rings is 1. The lowest BCUT2D eigenvalue weighted by molar-refractivity contribution is 0.102. The minimum atomic E-state index is -0.264. The van der Waals surface area contributed by atoms with Crippen LogP contribution in [0.2, 0.25) is 5.02 Å². The summed E-state index contributed by atoms with van der Waals surface area (Å²) >= 11 is 11.1. The van der Waals surface area contributed by atoms with Crippen molar-refractivity contribution in [3.63, 3.8) is 0 Å². The molecular formula is C18H11BrClN3OS. The molecule has 0 aliphatic heterocycles. The number of hydrogen-bond acceptors (Lipinski definition) is 3. The summed E-state index contributed by atoms with van der Waals surface area (Å²) in [6.07, 6.45) is 3.90. The van der Waals surface area contributed by atoms with Gasteiger partial charge in [-0.2, -0.15) is 0 Å². The molecule has 0 radical (unpaired) electrons. The van der Waals surface area contributed by atoms with Gasteiger partial charge in [-0.25, -0.2) is 4.98 Å². The van der Waals surface area contributed by atoms with Crippen LogP contribution in [-0.2, 0) is 0 Å². The summed E-state index contributed by atoms with van der Waals surface area (Å²) in [5.74, 6) is -0.264. The fourth-order valence-corrected chi connectivity index (χ4v) is 3.80. The van der Waals surface area contributed by atoms with Crippen LogP contribution >= 0.6 is 38.9 Å². The van der Waals surface area contributed by atoms with Crippen LogP contribution in [0, 0.1) is 0 Å². The molecule has 0 saturated heterocycles. The summed E-state index contributed by atoms with van der Waals surface area (Å²) in [7, 11) is 0. The molecule has 2 heterocycles. The number of benzene rings is 2. The molecule has 4 aromatic rings. The highest BCUT2D eigenvalue weighted by Crippen LogP contribution is 2.29. The minimum absolute atomic E-state index is 0.264. The Morgan fingerprint density at radius 2 is 2.08 bits per heavy atom. The first kappa shape index (κ1) is 16.3. The Bertz CT molecular complexity index is 1060. The largest absolute Gasteiger partial charge is 0.321 e. The summed E-state index contributed by atoms with van der Waals surface area (Å²) in [4.78, 5) is 18.2. The number of aromatic nitrogens is 2. The molecule has 0 fully saturated rings. The predicted molar refractivity (Wildman–Crippen MR) is 106 cm³/mol. The van der Waals surface area contributed by atoms with Gasteiger partial charge >= 0.3 is 0 Å². The van der Waals surface area contributed by atoms with Gasteiger partial charge in [0.25, 0.3) is 5.91 Å². The number of hydrogen-bond donors (Lipinski definition) is 1. The number of nitrogens with one attached hydrogen (secondary N) is 1. The Kier molecular flexibility index (Phi) is 4.33. The second-order valence-corrected chi connectivity index (χ2v) is 7.54. The number of halogens is 2. The average molecular weight is 433 g/mol. The number of anilines is 1. The number of nitrogens with zero attached hydrogens (tertiary/aromatic N) is 2. The van der Waals surface area contributed by atoms with E-state index in [1.807, 2.05) is 46.4 Å². The van der Waals surface area contributed by atoms with Gasteiger partial charge in [0.1, 0.15) is 0 Å². The number of carbonyl (C=O) groups excluding carboxylic acids is 1. The van der Waals surface area contributed by atoms with Crippen molar-refractivity contribution in [3.8, 4) is 11.3 Å². The molecule has 0 aliphatic rings. The molecule has 0 unspecified atom stereocenters. The lowest BCUT2D eigenvalue weighted by Gasteiger charge is -2.10. The number of rotatable bonds is 3. The first-order valence-electron chi connectivity index (χ1n) is 7.40. The molecule has 1 amide bonds. The van der Waals surface area contributed by atoms with Gasteiger partial charge in [-0.05, 0) is 24.3 Å². The maximum Gasteiger partial charge on any atom is 0.257 e. The second-order valence-electron chi connectivity index (χ2n) is 5.34. The molecular weight excluding hydrogens is 422 g/mol. The Labute approximate surface area is 161 Å².